The van der Waals surface area contributed by atoms with Crippen LogP contribution < -0.4 is 14.5 Å². The van der Waals surface area contributed by atoms with Crippen LogP contribution in [0.3, 0.4) is 0 Å². The predicted octanol–water partition coefficient (Wildman–Crippen LogP) is 16.1. The first-order valence-electron chi connectivity index (χ1n) is 22.9. The Balaban J connectivity index is 1.12. The van der Waals surface area contributed by atoms with E-state index in [4.69, 9.17) is 9.72 Å². The maximum atomic E-state index is 6.86. The molecule has 0 spiro atoms. The van der Waals surface area contributed by atoms with Crippen LogP contribution in [-0.2, 0) is 21.7 Å². The summed E-state index contributed by atoms with van der Waals surface area (Å²) in [6.07, 6.45) is 1.94. The number of fused-ring (bicyclic) bond motifs is 4. The highest BCUT2D eigenvalue weighted by molar-refractivity contribution is 6.10. The molecule has 0 bridgehead atoms. The van der Waals surface area contributed by atoms with E-state index in [0.29, 0.717) is 6.67 Å². The minimum Gasteiger partial charge on any atom is -0.457 e. The SMILES string of the molecule is Cc1cc2c(cc1C)N(c1cc(C(C)(C)C)cc(C(C)(C)C)c1)CN2c1cccc(Oc2ccc3c4cc(C(C)(C)c5ccccc5)ccc4n(-c4cc(C(C)(C)C)ccn4)c3c2)c1. The molecular formula is C59H64N4O. The number of hydrogen-bond donors (Lipinski definition) is 0. The van der Waals surface area contributed by atoms with Gasteiger partial charge >= 0.3 is 0 Å². The lowest BCUT2D eigenvalue weighted by Gasteiger charge is -2.29. The molecule has 0 saturated heterocycles. The Hall–Kier alpha value is -6.33. The number of hydrogen-bond acceptors (Lipinski definition) is 4. The lowest BCUT2D eigenvalue weighted by Crippen LogP contribution is -2.25. The number of benzene rings is 6. The van der Waals surface area contributed by atoms with Gasteiger partial charge in [-0.1, -0.05) is 125 Å². The van der Waals surface area contributed by atoms with Gasteiger partial charge in [0.1, 0.15) is 24.0 Å². The van der Waals surface area contributed by atoms with Crippen molar-refractivity contribution in [1.82, 2.24) is 9.55 Å². The molecule has 0 amide bonds. The Labute approximate surface area is 381 Å². The van der Waals surface area contributed by atoms with Crippen molar-refractivity contribution in [2.75, 3.05) is 16.5 Å². The summed E-state index contributed by atoms with van der Waals surface area (Å²) in [6.45, 7) is 30.4. The third kappa shape index (κ3) is 7.84. The third-order valence-corrected chi connectivity index (χ3v) is 13.6. The van der Waals surface area contributed by atoms with Crippen LogP contribution in [-0.4, -0.2) is 16.2 Å². The lowest BCUT2D eigenvalue weighted by molar-refractivity contribution is 0.483. The summed E-state index contributed by atoms with van der Waals surface area (Å²) < 4.78 is 9.17. The van der Waals surface area contributed by atoms with Crippen molar-refractivity contribution < 1.29 is 4.74 Å². The molecule has 5 heteroatoms. The molecule has 5 nitrogen and oxygen atoms in total. The Morgan fingerprint density at radius 1 is 0.453 bits per heavy atom. The Bertz CT molecular complexity index is 3030. The molecule has 1 aliphatic rings. The van der Waals surface area contributed by atoms with Crippen molar-refractivity contribution in [3.05, 3.63) is 179 Å². The monoisotopic (exact) mass is 845 g/mol. The second-order valence-corrected chi connectivity index (χ2v) is 21.7. The van der Waals surface area contributed by atoms with E-state index in [1.807, 2.05) is 6.20 Å². The lowest BCUT2D eigenvalue weighted by atomic mass is 9.78. The van der Waals surface area contributed by atoms with Crippen molar-refractivity contribution in [2.24, 2.45) is 0 Å². The van der Waals surface area contributed by atoms with Crippen LogP contribution in [0.5, 0.6) is 11.5 Å². The zero-order chi connectivity index (χ0) is 45.5. The van der Waals surface area contributed by atoms with Crippen molar-refractivity contribution in [3.8, 4) is 17.3 Å². The van der Waals surface area contributed by atoms with E-state index in [0.717, 1.165) is 39.4 Å². The maximum Gasteiger partial charge on any atom is 0.137 e. The quantitative estimate of drug-likeness (QED) is 0.160. The summed E-state index contributed by atoms with van der Waals surface area (Å²) in [7, 11) is 0. The van der Waals surface area contributed by atoms with Gasteiger partial charge in [-0.3, -0.25) is 4.57 Å². The Morgan fingerprint density at radius 3 is 1.72 bits per heavy atom. The van der Waals surface area contributed by atoms with Crippen LogP contribution in [0.1, 0.15) is 115 Å². The fraction of sp³-hybridized carbons (Fsp3) is 0.305. The average Bonchev–Trinajstić information content (AvgIpc) is 3.78. The smallest absolute Gasteiger partial charge is 0.137 e. The number of aryl methyl sites for hydroxylation is 2. The van der Waals surface area contributed by atoms with Crippen molar-refractivity contribution in [3.63, 3.8) is 0 Å². The molecular weight excluding hydrogens is 781 g/mol. The first kappa shape index (κ1) is 42.9. The average molecular weight is 845 g/mol. The molecule has 9 rings (SSSR count). The van der Waals surface area contributed by atoms with E-state index >= 15 is 0 Å². The molecule has 8 aromatic rings. The zero-order valence-electron chi connectivity index (χ0n) is 40.2. The number of nitrogens with zero attached hydrogens (tertiary/aromatic N) is 4. The number of rotatable bonds is 7. The second kappa shape index (κ2) is 15.4. The molecule has 0 unspecified atom stereocenters. The van der Waals surface area contributed by atoms with Gasteiger partial charge in [0.15, 0.2) is 0 Å². The van der Waals surface area contributed by atoms with E-state index in [-0.39, 0.29) is 21.7 Å². The predicted molar refractivity (Wildman–Crippen MR) is 271 cm³/mol. The Kier molecular flexibility index (Phi) is 10.4. The van der Waals surface area contributed by atoms with Gasteiger partial charge in [-0.15, -0.1) is 0 Å². The highest BCUT2D eigenvalue weighted by atomic mass is 16.5. The van der Waals surface area contributed by atoms with Crippen LogP contribution in [0, 0.1) is 13.8 Å². The van der Waals surface area contributed by atoms with Crippen LogP contribution in [0.2, 0.25) is 0 Å². The number of pyridine rings is 1. The van der Waals surface area contributed by atoms with Crippen LogP contribution in [0.15, 0.2) is 140 Å². The molecule has 1 aliphatic heterocycles. The fourth-order valence-corrected chi connectivity index (χ4v) is 9.17. The standard InChI is InChI=1S/C59H64N4O/c1-38-28-53-54(29-39(38)2)62(46-31-43(57(6,7)8)30-44(32-46)58(9,10)11)37-61(53)45-20-17-21-47(35-45)64-48-23-24-49-50-33-42(59(12,13)40-18-15-14-16-19-40)22-25-51(50)63(52(49)36-48)55-34-41(26-27-60-55)56(3,4)5/h14-36H,37H2,1-13H3. The van der Waals surface area contributed by atoms with E-state index in [1.165, 1.54) is 61.4 Å². The molecule has 64 heavy (non-hydrogen) atoms. The van der Waals surface area contributed by atoms with Crippen LogP contribution in [0.25, 0.3) is 27.6 Å². The second-order valence-electron chi connectivity index (χ2n) is 21.7. The van der Waals surface area contributed by atoms with E-state index < -0.39 is 0 Å². The number of anilines is 4. The third-order valence-electron chi connectivity index (χ3n) is 13.6. The van der Waals surface area contributed by atoms with Gasteiger partial charge in [-0.2, -0.15) is 0 Å². The van der Waals surface area contributed by atoms with Crippen molar-refractivity contribution in [2.45, 2.75) is 112 Å². The van der Waals surface area contributed by atoms with Gasteiger partial charge in [-0.05, 0) is 142 Å². The molecule has 326 valence electrons. The topological polar surface area (TPSA) is 33.5 Å². The highest BCUT2D eigenvalue weighted by Gasteiger charge is 2.32. The van der Waals surface area contributed by atoms with Gasteiger partial charge in [0.25, 0.3) is 0 Å². The van der Waals surface area contributed by atoms with Crippen LogP contribution >= 0.6 is 0 Å². The van der Waals surface area contributed by atoms with Crippen molar-refractivity contribution >= 4 is 44.6 Å². The summed E-state index contributed by atoms with van der Waals surface area (Å²) in [6, 6.07) is 49.1. The summed E-state index contributed by atoms with van der Waals surface area (Å²) in [5, 5.41) is 2.35. The summed E-state index contributed by atoms with van der Waals surface area (Å²) >= 11 is 0. The maximum absolute atomic E-state index is 6.86. The Morgan fingerprint density at radius 2 is 1.08 bits per heavy atom. The molecule has 0 radical (unpaired) electrons. The number of ether oxygens (including phenoxy) is 1. The largest absolute Gasteiger partial charge is 0.457 e. The van der Waals surface area contributed by atoms with E-state index in [1.54, 1.807) is 0 Å². The highest BCUT2D eigenvalue weighted by Crippen LogP contribution is 2.48. The molecule has 0 atom stereocenters. The molecule has 0 aliphatic carbocycles. The van der Waals surface area contributed by atoms with Gasteiger partial charge < -0.3 is 14.5 Å². The number of aromatic nitrogens is 2. The first-order chi connectivity index (χ1) is 30.2. The summed E-state index contributed by atoms with van der Waals surface area (Å²) in [5.41, 5.74) is 15.8. The molecule has 0 fully saturated rings. The normalized spacial score (nSPS) is 13.6. The van der Waals surface area contributed by atoms with Gasteiger partial charge in [0.05, 0.1) is 22.4 Å². The molecule has 0 N–H and O–H groups in total. The molecule has 3 heterocycles. The molecule has 2 aromatic heterocycles. The first-order valence-corrected chi connectivity index (χ1v) is 22.9. The van der Waals surface area contributed by atoms with E-state index in [2.05, 4.69) is 238 Å². The van der Waals surface area contributed by atoms with Gasteiger partial charge in [0, 0.05) is 45.9 Å². The summed E-state index contributed by atoms with van der Waals surface area (Å²) in [4.78, 5) is 9.90. The van der Waals surface area contributed by atoms with Gasteiger partial charge in [0.2, 0.25) is 0 Å². The van der Waals surface area contributed by atoms with E-state index in [9.17, 15) is 0 Å². The van der Waals surface area contributed by atoms with Gasteiger partial charge in [-0.25, -0.2) is 4.98 Å². The van der Waals surface area contributed by atoms with Crippen molar-refractivity contribution in [1.29, 1.82) is 0 Å². The summed E-state index contributed by atoms with van der Waals surface area (Å²) in [5.74, 6) is 2.45. The van der Waals surface area contributed by atoms with Crippen LogP contribution in [0.4, 0.5) is 22.7 Å². The zero-order valence-corrected chi connectivity index (χ0v) is 40.2. The molecule has 0 saturated carbocycles. The minimum atomic E-state index is -0.182. The fourth-order valence-electron chi connectivity index (χ4n) is 9.17. The minimum absolute atomic E-state index is 0.0136. The molecule has 6 aromatic carbocycles.